The molecular weight excluding hydrogens is 373 g/mol. The van der Waals surface area contributed by atoms with Gasteiger partial charge in [-0.25, -0.2) is 0 Å². The van der Waals surface area contributed by atoms with Gasteiger partial charge in [-0.3, -0.25) is 10.1 Å². The highest BCUT2D eigenvalue weighted by Crippen LogP contribution is 2.29. The van der Waals surface area contributed by atoms with Crippen molar-refractivity contribution in [2.24, 2.45) is 4.99 Å². The first-order valence-electron chi connectivity index (χ1n) is 6.18. The van der Waals surface area contributed by atoms with Crippen LogP contribution in [0.15, 0.2) is 17.3 Å². The molecule has 7 heteroatoms. The summed E-state index contributed by atoms with van der Waals surface area (Å²) in [5, 5.41) is 10.3. The van der Waals surface area contributed by atoms with Crippen LogP contribution in [0.4, 0.5) is 0 Å². The largest absolute Gasteiger partial charge is 0.351 e. The van der Waals surface area contributed by atoms with Crippen molar-refractivity contribution in [1.29, 1.82) is 0 Å². The average Bonchev–Trinajstić information content (AvgIpc) is 2.81. The highest BCUT2D eigenvalue weighted by molar-refractivity contribution is 14.0. The Bertz CT molecular complexity index is 404. The summed E-state index contributed by atoms with van der Waals surface area (Å²) in [4.78, 5) is 6.69. The maximum Gasteiger partial charge on any atom is 0.194 e. The first kappa shape index (κ1) is 16.6. The zero-order chi connectivity index (χ0) is 13.0. The van der Waals surface area contributed by atoms with E-state index in [4.69, 9.17) is 0 Å². The maximum absolute atomic E-state index is 4.36. The second-order valence-corrected chi connectivity index (χ2v) is 6.81. The fourth-order valence-corrected chi connectivity index (χ4v) is 3.20. The Morgan fingerprint density at radius 3 is 3.00 bits per heavy atom. The number of nitrogens with zero attached hydrogens (tertiary/aromatic N) is 3. The minimum Gasteiger partial charge on any atom is -0.351 e. The van der Waals surface area contributed by atoms with Crippen LogP contribution in [0.5, 0.6) is 0 Å². The van der Waals surface area contributed by atoms with E-state index in [-0.39, 0.29) is 24.0 Å². The van der Waals surface area contributed by atoms with Gasteiger partial charge in [0.2, 0.25) is 0 Å². The van der Waals surface area contributed by atoms with Gasteiger partial charge >= 0.3 is 0 Å². The smallest absolute Gasteiger partial charge is 0.194 e. The third-order valence-corrected chi connectivity index (χ3v) is 4.23. The third-order valence-electron chi connectivity index (χ3n) is 2.93. The quantitative estimate of drug-likeness (QED) is 0.457. The number of H-pyrrole nitrogens is 1. The Morgan fingerprint density at radius 2 is 2.42 bits per heavy atom. The molecule has 0 aromatic carbocycles. The Kier molecular flexibility index (Phi) is 6.45. The fraction of sp³-hybridized carbons (Fsp3) is 0.667. The monoisotopic (exact) mass is 395 g/mol. The first-order chi connectivity index (χ1) is 8.61. The minimum absolute atomic E-state index is 0. The number of aromatic amines is 1. The van der Waals surface area contributed by atoms with E-state index in [9.17, 15) is 0 Å². The Labute approximate surface area is 136 Å². The van der Waals surface area contributed by atoms with E-state index in [2.05, 4.69) is 39.3 Å². The number of rotatable bonds is 2. The Hall–Kier alpha value is -0.440. The van der Waals surface area contributed by atoms with E-state index in [0.717, 1.165) is 37.0 Å². The van der Waals surface area contributed by atoms with Crippen molar-refractivity contribution >= 4 is 41.7 Å². The molecule has 1 fully saturated rings. The van der Waals surface area contributed by atoms with E-state index >= 15 is 0 Å². The molecule has 5 nitrogen and oxygen atoms in total. The van der Waals surface area contributed by atoms with E-state index in [0.29, 0.717) is 4.75 Å². The Morgan fingerprint density at radius 1 is 1.63 bits per heavy atom. The minimum atomic E-state index is 0. The molecule has 0 spiro atoms. The van der Waals surface area contributed by atoms with Crippen LogP contribution in [0.25, 0.3) is 0 Å². The molecule has 0 aliphatic carbocycles. The molecule has 1 saturated heterocycles. The molecular formula is C12H22IN5S. The van der Waals surface area contributed by atoms with Crippen molar-refractivity contribution in [3.63, 3.8) is 0 Å². The van der Waals surface area contributed by atoms with E-state index in [1.165, 1.54) is 0 Å². The molecule has 108 valence electrons. The van der Waals surface area contributed by atoms with E-state index in [1.54, 1.807) is 6.20 Å². The molecule has 1 aromatic heterocycles. The van der Waals surface area contributed by atoms with Gasteiger partial charge in [0.15, 0.2) is 5.96 Å². The number of guanidine groups is 1. The SMILES string of the molecule is CN=C(NCc1ccn[nH]1)N1CCSC(C)(C)C1.I. The standard InChI is InChI=1S/C12H21N5S.HI/c1-12(2)9-17(6-7-18-12)11(13-3)14-8-10-4-5-15-16-10;/h4-5H,6-9H2,1-3H3,(H,13,14)(H,15,16);1H. The van der Waals surface area contributed by atoms with Crippen LogP contribution in [0.1, 0.15) is 19.5 Å². The van der Waals surface area contributed by atoms with Gasteiger partial charge in [-0.1, -0.05) is 0 Å². The molecule has 1 aliphatic rings. The van der Waals surface area contributed by atoms with Crippen LogP contribution >= 0.6 is 35.7 Å². The topological polar surface area (TPSA) is 56.3 Å². The molecule has 1 aliphatic heterocycles. The van der Waals surface area contributed by atoms with Gasteiger partial charge < -0.3 is 10.2 Å². The number of hydrogen-bond acceptors (Lipinski definition) is 3. The summed E-state index contributed by atoms with van der Waals surface area (Å²) in [6, 6.07) is 1.97. The molecule has 0 radical (unpaired) electrons. The lowest BCUT2D eigenvalue weighted by Gasteiger charge is -2.39. The number of aliphatic imine (C=N–C) groups is 1. The lowest BCUT2D eigenvalue weighted by atomic mass is 10.2. The summed E-state index contributed by atoms with van der Waals surface area (Å²) in [7, 11) is 1.84. The lowest BCUT2D eigenvalue weighted by molar-refractivity contribution is 0.375. The highest BCUT2D eigenvalue weighted by Gasteiger charge is 2.28. The van der Waals surface area contributed by atoms with Gasteiger partial charge in [-0.15, -0.1) is 24.0 Å². The van der Waals surface area contributed by atoms with Crippen LogP contribution in [-0.4, -0.2) is 51.7 Å². The molecule has 2 N–H and O–H groups in total. The van der Waals surface area contributed by atoms with Gasteiger partial charge in [-0.2, -0.15) is 16.9 Å². The Balaban J connectivity index is 0.00000180. The van der Waals surface area contributed by atoms with Gasteiger partial charge in [0.05, 0.1) is 12.2 Å². The molecule has 0 bridgehead atoms. The summed E-state index contributed by atoms with van der Waals surface area (Å²) in [6.07, 6.45) is 1.76. The summed E-state index contributed by atoms with van der Waals surface area (Å²) in [5.74, 6) is 2.12. The molecule has 1 aromatic rings. The van der Waals surface area contributed by atoms with Crippen molar-refractivity contribution in [1.82, 2.24) is 20.4 Å². The summed E-state index contributed by atoms with van der Waals surface area (Å²) in [5.41, 5.74) is 1.07. The maximum atomic E-state index is 4.36. The zero-order valence-electron chi connectivity index (χ0n) is 11.6. The van der Waals surface area contributed by atoms with Crippen molar-refractivity contribution in [2.75, 3.05) is 25.9 Å². The number of hydrogen-bond donors (Lipinski definition) is 2. The fourth-order valence-electron chi connectivity index (χ4n) is 2.09. The molecule has 19 heavy (non-hydrogen) atoms. The summed E-state index contributed by atoms with van der Waals surface area (Å²) in [6.45, 7) is 7.38. The number of halogens is 1. The van der Waals surface area contributed by atoms with Crippen LogP contribution in [0.3, 0.4) is 0 Å². The summed E-state index contributed by atoms with van der Waals surface area (Å²) < 4.78 is 0.295. The normalized spacial score (nSPS) is 18.9. The van der Waals surface area contributed by atoms with Crippen molar-refractivity contribution < 1.29 is 0 Å². The molecule has 0 atom stereocenters. The van der Waals surface area contributed by atoms with Gasteiger partial charge in [0.1, 0.15) is 0 Å². The third kappa shape index (κ3) is 4.87. The van der Waals surface area contributed by atoms with Crippen molar-refractivity contribution in [3.05, 3.63) is 18.0 Å². The van der Waals surface area contributed by atoms with E-state index in [1.807, 2.05) is 24.9 Å². The van der Waals surface area contributed by atoms with Crippen LogP contribution in [0, 0.1) is 0 Å². The van der Waals surface area contributed by atoms with Crippen LogP contribution in [0.2, 0.25) is 0 Å². The van der Waals surface area contributed by atoms with Crippen molar-refractivity contribution in [2.45, 2.75) is 25.1 Å². The number of thioether (sulfide) groups is 1. The predicted octanol–water partition coefficient (Wildman–Crippen LogP) is 1.93. The molecule has 0 amide bonds. The molecule has 2 rings (SSSR count). The van der Waals surface area contributed by atoms with Gasteiger partial charge in [0, 0.05) is 36.8 Å². The van der Waals surface area contributed by atoms with E-state index < -0.39 is 0 Å². The van der Waals surface area contributed by atoms with Crippen molar-refractivity contribution in [3.8, 4) is 0 Å². The lowest BCUT2D eigenvalue weighted by Crippen LogP contribution is -2.50. The highest BCUT2D eigenvalue weighted by atomic mass is 127. The van der Waals surface area contributed by atoms with Crippen LogP contribution < -0.4 is 5.32 Å². The average molecular weight is 395 g/mol. The second kappa shape index (κ2) is 7.37. The molecule has 0 unspecified atom stereocenters. The first-order valence-corrected chi connectivity index (χ1v) is 7.17. The number of nitrogens with one attached hydrogen (secondary N) is 2. The second-order valence-electron chi connectivity index (χ2n) is 5.01. The van der Waals surface area contributed by atoms with Gasteiger partial charge in [0.25, 0.3) is 0 Å². The molecule has 2 heterocycles. The van der Waals surface area contributed by atoms with Gasteiger partial charge in [-0.05, 0) is 19.9 Å². The zero-order valence-corrected chi connectivity index (χ0v) is 14.8. The summed E-state index contributed by atoms with van der Waals surface area (Å²) >= 11 is 2.03. The number of aromatic nitrogens is 2. The predicted molar refractivity (Wildman–Crippen MR) is 92.3 cm³/mol. The van der Waals surface area contributed by atoms with Crippen LogP contribution in [-0.2, 0) is 6.54 Å². The molecule has 0 saturated carbocycles.